The molecule has 0 aliphatic heterocycles. The van der Waals surface area contributed by atoms with Gasteiger partial charge in [0.2, 0.25) is 5.95 Å². The summed E-state index contributed by atoms with van der Waals surface area (Å²) in [6.45, 7) is -2.91. The molecule has 0 saturated heterocycles. The fourth-order valence-corrected chi connectivity index (χ4v) is 2.74. The van der Waals surface area contributed by atoms with Gasteiger partial charge in [0.15, 0.2) is 0 Å². The SMILES string of the molecule is CNC(=O)c1ccccc1Nc1nc(Nc2cccc(OC(F)F)c2)ncc1Br. The highest BCUT2D eigenvalue weighted by molar-refractivity contribution is 9.10. The van der Waals surface area contributed by atoms with Crippen molar-refractivity contribution in [2.45, 2.75) is 6.61 Å². The largest absolute Gasteiger partial charge is 0.435 e. The average molecular weight is 464 g/mol. The van der Waals surface area contributed by atoms with Crippen LogP contribution in [0.15, 0.2) is 59.2 Å². The molecule has 150 valence electrons. The fraction of sp³-hybridized carbons (Fsp3) is 0.105. The van der Waals surface area contributed by atoms with Crippen LogP contribution in [0.3, 0.4) is 0 Å². The first-order chi connectivity index (χ1) is 14.0. The van der Waals surface area contributed by atoms with Gasteiger partial charge in [-0.1, -0.05) is 18.2 Å². The predicted octanol–water partition coefficient (Wildman–Crippen LogP) is 4.69. The van der Waals surface area contributed by atoms with Gasteiger partial charge in [-0.15, -0.1) is 0 Å². The number of ether oxygens (including phenoxy) is 1. The number of para-hydroxylation sites is 1. The Morgan fingerprint density at radius 2 is 1.93 bits per heavy atom. The second-order valence-electron chi connectivity index (χ2n) is 5.67. The molecule has 2 aromatic carbocycles. The lowest BCUT2D eigenvalue weighted by Gasteiger charge is -2.13. The van der Waals surface area contributed by atoms with Crippen molar-refractivity contribution in [3.05, 3.63) is 64.8 Å². The number of carbonyl (C=O) groups is 1. The molecule has 3 N–H and O–H groups in total. The number of benzene rings is 2. The van der Waals surface area contributed by atoms with E-state index in [2.05, 4.69) is 46.6 Å². The highest BCUT2D eigenvalue weighted by atomic mass is 79.9. The smallest absolute Gasteiger partial charge is 0.387 e. The zero-order valence-corrected chi connectivity index (χ0v) is 16.7. The minimum atomic E-state index is -2.91. The highest BCUT2D eigenvalue weighted by Crippen LogP contribution is 2.28. The van der Waals surface area contributed by atoms with Crippen molar-refractivity contribution in [2.24, 2.45) is 0 Å². The second-order valence-corrected chi connectivity index (χ2v) is 6.53. The van der Waals surface area contributed by atoms with Crippen molar-refractivity contribution in [1.29, 1.82) is 0 Å². The zero-order valence-electron chi connectivity index (χ0n) is 15.1. The number of carbonyl (C=O) groups excluding carboxylic acids is 1. The normalized spacial score (nSPS) is 10.5. The summed E-state index contributed by atoms with van der Waals surface area (Å²) >= 11 is 3.37. The number of amides is 1. The third-order valence-corrected chi connectivity index (χ3v) is 4.29. The summed E-state index contributed by atoms with van der Waals surface area (Å²) in [5.41, 5.74) is 1.48. The Morgan fingerprint density at radius 1 is 1.14 bits per heavy atom. The molecule has 7 nitrogen and oxygen atoms in total. The predicted molar refractivity (Wildman–Crippen MR) is 109 cm³/mol. The second kappa shape index (κ2) is 9.28. The van der Waals surface area contributed by atoms with E-state index in [9.17, 15) is 13.6 Å². The summed E-state index contributed by atoms with van der Waals surface area (Å²) < 4.78 is 29.7. The van der Waals surface area contributed by atoms with Gasteiger partial charge < -0.3 is 20.7 Å². The number of anilines is 4. The van der Waals surface area contributed by atoms with Gasteiger partial charge in [0.1, 0.15) is 11.6 Å². The van der Waals surface area contributed by atoms with Crippen LogP contribution >= 0.6 is 15.9 Å². The van der Waals surface area contributed by atoms with Gasteiger partial charge in [0.05, 0.1) is 15.7 Å². The topological polar surface area (TPSA) is 88.2 Å². The molecule has 29 heavy (non-hydrogen) atoms. The molecule has 3 aromatic rings. The van der Waals surface area contributed by atoms with E-state index in [0.717, 1.165) is 0 Å². The maximum atomic E-state index is 12.4. The lowest BCUT2D eigenvalue weighted by atomic mass is 10.1. The van der Waals surface area contributed by atoms with Gasteiger partial charge in [-0.05, 0) is 40.2 Å². The molecular formula is C19H16BrF2N5O2. The Morgan fingerprint density at radius 3 is 2.69 bits per heavy atom. The first-order valence-corrected chi connectivity index (χ1v) is 9.18. The van der Waals surface area contributed by atoms with Crippen LogP contribution in [-0.2, 0) is 0 Å². The molecule has 0 fully saturated rings. The molecule has 1 aromatic heterocycles. The van der Waals surface area contributed by atoms with Crippen molar-refractivity contribution in [1.82, 2.24) is 15.3 Å². The maximum absolute atomic E-state index is 12.4. The quantitative estimate of drug-likeness (QED) is 0.471. The molecule has 0 bridgehead atoms. The highest BCUT2D eigenvalue weighted by Gasteiger charge is 2.13. The number of alkyl halides is 2. The number of nitrogens with one attached hydrogen (secondary N) is 3. The van der Waals surface area contributed by atoms with Gasteiger partial charge in [-0.25, -0.2) is 4.98 Å². The number of aromatic nitrogens is 2. The van der Waals surface area contributed by atoms with Gasteiger partial charge in [-0.3, -0.25) is 4.79 Å². The number of hydrogen-bond donors (Lipinski definition) is 3. The van der Waals surface area contributed by atoms with E-state index in [1.807, 2.05) is 0 Å². The standard InChI is InChI=1S/C19H16BrF2N5O2/c1-23-17(28)13-7-2-3-8-15(13)26-16-14(20)10-24-19(27-16)25-11-5-4-6-12(9-11)29-18(21)22/h2-10,18H,1H3,(H,23,28)(H2,24,25,26,27). The van der Waals surface area contributed by atoms with Crippen LogP contribution in [0.1, 0.15) is 10.4 Å². The first kappa shape index (κ1) is 20.5. The zero-order chi connectivity index (χ0) is 20.8. The van der Waals surface area contributed by atoms with E-state index >= 15 is 0 Å². The van der Waals surface area contributed by atoms with Crippen LogP contribution in [0.2, 0.25) is 0 Å². The third-order valence-electron chi connectivity index (χ3n) is 3.71. The molecule has 0 radical (unpaired) electrons. The van der Waals surface area contributed by atoms with Crippen LogP contribution in [0.5, 0.6) is 5.75 Å². The molecule has 0 aliphatic carbocycles. The number of nitrogens with zero attached hydrogens (tertiary/aromatic N) is 2. The van der Waals surface area contributed by atoms with Gasteiger partial charge in [-0.2, -0.15) is 13.8 Å². The van der Waals surface area contributed by atoms with Crippen LogP contribution in [0, 0.1) is 0 Å². The monoisotopic (exact) mass is 463 g/mol. The molecule has 10 heteroatoms. The van der Waals surface area contributed by atoms with E-state index in [-0.39, 0.29) is 17.6 Å². The lowest BCUT2D eigenvalue weighted by molar-refractivity contribution is -0.0498. The lowest BCUT2D eigenvalue weighted by Crippen LogP contribution is -2.19. The molecule has 3 rings (SSSR count). The Kier molecular flexibility index (Phi) is 6.55. The van der Waals surface area contributed by atoms with Crippen molar-refractivity contribution in [3.8, 4) is 5.75 Å². The van der Waals surface area contributed by atoms with E-state index in [1.54, 1.807) is 43.4 Å². The molecule has 0 unspecified atom stereocenters. The van der Waals surface area contributed by atoms with E-state index < -0.39 is 6.61 Å². The van der Waals surface area contributed by atoms with E-state index in [0.29, 0.717) is 27.2 Å². The van der Waals surface area contributed by atoms with Gasteiger partial charge >= 0.3 is 6.61 Å². The summed E-state index contributed by atoms with van der Waals surface area (Å²) in [5, 5.41) is 8.61. The molecule has 1 heterocycles. The molecular weight excluding hydrogens is 448 g/mol. The summed E-state index contributed by atoms with van der Waals surface area (Å²) in [4.78, 5) is 20.6. The summed E-state index contributed by atoms with van der Waals surface area (Å²) in [6, 6.07) is 13.0. The number of rotatable bonds is 7. The van der Waals surface area contributed by atoms with Gasteiger partial charge in [0.25, 0.3) is 5.91 Å². The minimum Gasteiger partial charge on any atom is -0.435 e. The molecule has 0 atom stereocenters. The fourth-order valence-electron chi connectivity index (χ4n) is 2.45. The van der Waals surface area contributed by atoms with Crippen LogP contribution in [0.25, 0.3) is 0 Å². The minimum absolute atomic E-state index is 0.0139. The first-order valence-electron chi connectivity index (χ1n) is 8.39. The van der Waals surface area contributed by atoms with Crippen LogP contribution in [-0.4, -0.2) is 29.5 Å². The van der Waals surface area contributed by atoms with Crippen molar-refractivity contribution < 1.29 is 18.3 Å². The summed E-state index contributed by atoms with van der Waals surface area (Å²) in [5.74, 6) is 0.411. The maximum Gasteiger partial charge on any atom is 0.387 e. The van der Waals surface area contributed by atoms with Crippen LogP contribution in [0.4, 0.5) is 31.9 Å². The summed E-state index contributed by atoms with van der Waals surface area (Å²) in [6.07, 6.45) is 1.53. The molecule has 0 spiro atoms. The Labute approximate surface area is 173 Å². The number of halogens is 3. The van der Waals surface area contributed by atoms with Gasteiger partial charge in [0, 0.05) is 25.0 Å². The van der Waals surface area contributed by atoms with E-state index in [4.69, 9.17) is 0 Å². The van der Waals surface area contributed by atoms with Crippen molar-refractivity contribution in [3.63, 3.8) is 0 Å². The Balaban J connectivity index is 1.84. The third kappa shape index (κ3) is 5.38. The molecule has 0 saturated carbocycles. The van der Waals surface area contributed by atoms with Crippen molar-refractivity contribution >= 4 is 45.0 Å². The average Bonchev–Trinajstić information content (AvgIpc) is 2.70. The molecule has 0 aliphatic rings. The van der Waals surface area contributed by atoms with E-state index in [1.165, 1.54) is 18.3 Å². The van der Waals surface area contributed by atoms with Crippen LogP contribution < -0.4 is 20.7 Å². The number of hydrogen-bond acceptors (Lipinski definition) is 6. The summed E-state index contributed by atoms with van der Waals surface area (Å²) in [7, 11) is 1.55. The Hall–Kier alpha value is -3.27. The Bertz CT molecular complexity index is 1020. The van der Waals surface area contributed by atoms with Crippen molar-refractivity contribution in [2.75, 3.05) is 17.7 Å². The molecule has 1 amide bonds.